The quantitative estimate of drug-likeness (QED) is 0.893. The van der Waals surface area contributed by atoms with Gasteiger partial charge in [0.05, 0.1) is 6.10 Å². The predicted molar refractivity (Wildman–Crippen MR) is 83.9 cm³/mol. The molecule has 2 atom stereocenters. The molecule has 120 valence electrons. The van der Waals surface area contributed by atoms with Crippen LogP contribution in [-0.2, 0) is 6.42 Å². The molecule has 6 heteroatoms. The number of hydrogen-bond acceptors (Lipinski definition) is 4. The minimum absolute atomic E-state index is 0.0585. The molecular weight excluding hydrogens is 292 g/mol. The van der Waals surface area contributed by atoms with E-state index in [0.29, 0.717) is 24.7 Å². The van der Waals surface area contributed by atoms with Gasteiger partial charge in [-0.3, -0.25) is 14.9 Å². The zero-order chi connectivity index (χ0) is 15.8. The smallest absolute Gasteiger partial charge is 0.274 e. The monoisotopic (exact) mass is 312 g/mol. The van der Waals surface area contributed by atoms with Crippen LogP contribution >= 0.6 is 0 Å². The topological polar surface area (TPSA) is 82.1 Å². The predicted octanol–water partition coefficient (Wildman–Crippen LogP) is 1.36. The van der Waals surface area contributed by atoms with Crippen LogP contribution in [0.5, 0.6) is 0 Å². The number of carbonyl (C=O) groups excluding carboxylic acids is 1. The van der Waals surface area contributed by atoms with Crippen molar-refractivity contribution in [2.24, 2.45) is 5.92 Å². The highest BCUT2D eigenvalue weighted by atomic mass is 16.3. The van der Waals surface area contributed by atoms with Gasteiger partial charge in [-0.1, -0.05) is 0 Å². The minimum atomic E-state index is -0.492. The van der Waals surface area contributed by atoms with Crippen molar-refractivity contribution in [3.63, 3.8) is 0 Å². The third kappa shape index (κ3) is 2.99. The molecule has 0 unspecified atom stereocenters. The fraction of sp³-hybridized carbons (Fsp3) is 0.471. The van der Waals surface area contributed by atoms with Crippen molar-refractivity contribution in [3.05, 3.63) is 47.5 Å². The Labute approximate surface area is 134 Å². The molecule has 0 aromatic carbocycles. The number of likely N-dealkylation sites (tertiary alicyclic amines) is 1. The van der Waals surface area contributed by atoms with Crippen LogP contribution in [-0.4, -0.2) is 50.3 Å². The van der Waals surface area contributed by atoms with Gasteiger partial charge in [0, 0.05) is 43.0 Å². The Morgan fingerprint density at radius 3 is 2.83 bits per heavy atom. The van der Waals surface area contributed by atoms with Crippen LogP contribution in [0.1, 0.15) is 40.5 Å². The zero-order valence-electron chi connectivity index (χ0n) is 12.9. The maximum atomic E-state index is 12.6. The van der Waals surface area contributed by atoms with E-state index in [1.807, 2.05) is 18.2 Å². The number of rotatable bonds is 4. The summed E-state index contributed by atoms with van der Waals surface area (Å²) in [6.45, 7) is 0.939. The van der Waals surface area contributed by atoms with Crippen molar-refractivity contribution in [3.8, 4) is 0 Å². The van der Waals surface area contributed by atoms with Gasteiger partial charge in [0.1, 0.15) is 5.69 Å². The van der Waals surface area contributed by atoms with Crippen molar-refractivity contribution >= 4 is 5.91 Å². The second-order valence-electron chi connectivity index (χ2n) is 6.58. The first kappa shape index (κ1) is 14.4. The second-order valence-corrected chi connectivity index (χ2v) is 6.58. The number of nitrogens with zero attached hydrogens (tertiary/aromatic N) is 3. The number of aliphatic hydroxyl groups excluding tert-OH is 1. The second kappa shape index (κ2) is 5.77. The number of nitrogens with one attached hydrogen (secondary N) is 1. The molecule has 2 N–H and O–H groups in total. The van der Waals surface area contributed by atoms with Crippen LogP contribution in [0.15, 0.2) is 30.6 Å². The van der Waals surface area contributed by atoms with Gasteiger partial charge in [0.15, 0.2) is 0 Å². The number of H-pyrrole nitrogens is 1. The van der Waals surface area contributed by atoms with Crippen molar-refractivity contribution in [2.75, 3.05) is 13.1 Å². The summed E-state index contributed by atoms with van der Waals surface area (Å²) >= 11 is 0. The number of aromatic nitrogens is 3. The third-order valence-corrected chi connectivity index (χ3v) is 4.77. The Kier molecular flexibility index (Phi) is 3.61. The highest BCUT2D eigenvalue weighted by Gasteiger charge is 2.35. The summed E-state index contributed by atoms with van der Waals surface area (Å²) in [7, 11) is 0. The fourth-order valence-electron chi connectivity index (χ4n) is 3.25. The normalized spacial score (nSPS) is 24.1. The summed E-state index contributed by atoms with van der Waals surface area (Å²) < 4.78 is 0. The molecule has 0 spiro atoms. The molecule has 2 aliphatic rings. The lowest BCUT2D eigenvalue weighted by Gasteiger charge is -2.14. The van der Waals surface area contributed by atoms with Crippen LogP contribution < -0.4 is 0 Å². The molecule has 2 aromatic rings. The van der Waals surface area contributed by atoms with E-state index in [-0.39, 0.29) is 11.8 Å². The van der Waals surface area contributed by atoms with E-state index in [1.54, 1.807) is 17.3 Å². The van der Waals surface area contributed by atoms with E-state index in [0.717, 1.165) is 17.7 Å². The lowest BCUT2D eigenvalue weighted by Crippen LogP contribution is -2.29. The molecule has 0 radical (unpaired) electrons. The first-order chi connectivity index (χ1) is 11.2. The number of aliphatic hydroxyl groups is 1. The number of pyridine rings is 1. The first-order valence-electron chi connectivity index (χ1n) is 8.12. The summed E-state index contributed by atoms with van der Waals surface area (Å²) in [6.07, 6.45) is 6.11. The van der Waals surface area contributed by atoms with E-state index >= 15 is 0 Å². The number of aromatic amines is 1. The summed E-state index contributed by atoms with van der Waals surface area (Å²) in [5.74, 6) is 0.514. The van der Waals surface area contributed by atoms with Gasteiger partial charge in [-0.25, -0.2) is 0 Å². The lowest BCUT2D eigenvalue weighted by atomic mass is 9.97. The molecule has 3 heterocycles. The molecule has 4 rings (SSSR count). The van der Waals surface area contributed by atoms with Crippen molar-refractivity contribution in [1.82, 2.24) is 20.1 Å². The molecule has 1 saturated heterocycles. The van der Waals surface area contributed by atoms with Gasteiger partial charge in [0.2, 0.25) is 0 Å². The molecule has 0 bridgehead atoms. The van der Waals surface area contributed by atoms with E-state index in [2.05, 4.69) is 15.2 Å². The summed E-state index contributed by atoms with van der Waals surface area (Å²) in [6, 6.07) is 5.77. The lowest BCUT2D eigenvalue weighted by molar-refractivity contribution is 0.0759. The van der Waals surface area contributed by atoms with Gasteiger partial charge in [-0.2, -0.15) is 5.10 Å². The highest BCUT2D eigenvalue weighted by molar-refractivity contribution is 5.92. The Hall–Kier alpha value is -2.21. The summed E-state index contributed by atoms with van der Waals surface area (Å²) in [4.78, 5) is 18.3. The third-order valence-electron chi connectivity index (χ3n) is 4.77. The Bertz CT molecular complexity index is 696. The van der Waals surface area contributed by atoms with Crippen LogP contribution in [0.4, 0.5) is 0 Å². The van der Waals surface area contributed by atoms with Gasteiger partial charge in [-0.15, -0.1) is 0 Å². The fourth-order valence-corrected chi connectivity index (χ4v) is 3.25. The molecule has 2 fully saturated rings. The molecule has 1 aliphatic carbocycles. The van der Waals surface area contributed by atoms with Crippen LogP contribution in [0, 0.1) is 5.92 Å². The number of carbonyl (C=O) groups is 1. The Morgan fingerprint density at radius 1 is 1.30 bits per heavy atom. The Morgan fingerprint density at radius 2 is 2.09 bits per heavy atom. The number of hydrogen-bond donors (Lipinski definition) is 2. The molecule has 2 aromatic heterocycles. The van der Waals surface area contributed by atoms with Crippen molar-refractivity contribution in [2.45, 2.75) is 31.3 Å². The average Bonchev–Trinajstić information content (AvgIpc) is 3.19. The van der Waals surface area contributed by atoms with Crippen LogP contribution in [0.3, 0.4) is 0 Å². The average molecular weight is 312 g/mol. The minimum Gasteiger partial charge on any atom is -0.391 e. The molecule has 6 nitrogen and oxygen atoms in total. The maximum absolute atomic E-state index is 12.6. The number of amides is 1. The maximum Gasteiger partial charge on any atom is 0.274 e. The van der Waals surface area contributed by atoms with E-state index in [1.165, 1.54) is 12.8 Å². The van der Waals surface area contributed by atoms with Crippen LogP contribution in [0.2, 0.25) is 0 Å². The molecule has 1 amide bonds. The zero-order valence-corrected chi connectivity index (χ0v) is 12.9. The van der Waals surface area contributed by atoms with Gasteiger partial charge >= 0.3 is 0 Å². The molecule has 1 saturated carbocycles. The van der Waals surface area contributed by atoms with Crippen molar-refractivity contribution < 1.29 is 9.90 Å². The van der Waals surface area contributed by atoms with Gasteiger partial charge in [-0.05, 0) is 43.0 Å². The SMILES string of the molecule is O=C(c1cc(C2CC2)[nH]n1)N1C[C@@H](Cc2ccncc2)[C@H](O)C1. The molecular formula is C17H20N4O2. The molecule has 23 heavy (non-hydrogen) atoms. The summed E-state index contributed by atoms with van der Waals surface area (Å²) in [5, 5.41) is 17.4. The van der Waals surface area contributed by atoms with E-state index in [9.17, 15) is 9.90 Å². The van der Waals surface area contributed by atoms with Gasteiger partial charge in [0.25, 0.3) is 5.91 Å². The highest BCUT2D eigenvalue weighted by Crippen LogP contribution is 2.39. The summed E-state index contributed by atoms with van der Waals surface area (Å²) in [5.41, 5.74) is 2.65. The van der Waals surface area contributed by atoms with Crippen molar-refractivity contribution in [1.29, 1.82) is 0 Å². The Balaban J connectivity index is 1.42. The number of β-amino-alcohol motifs (C(OH)–C–C–N with tert-alkyl or cyclic N) is 1. The molecule has 1 aliphatic heterocycles. The standard InChI is InChI=1S/C17H20N4O2/c22-16-10-21(9-13(16)7-11-3-5-18-6-4-11)17(23)15-8-14(19-20-15)12-1-2-12/h3-6,8,12-13,16,22H,1-2,7,9-10H2,(H,19,20)/t13-,16-/m1/s1. The van der Waals surface area contributed by atoms with Gasteiger partial charge < -0.3 is 10.0 Å². The first-order valence-corrected chi connectivity index (χ1v) is 8.12. The van der Waals surface area contributed by atoms with E-state index in [4.69, 9.17) is 0 Å². The largest absolute Gasteiger partial charge is 0.391 e. The van der Waals surface area contributed by atoms with Crippen LogP contribution in [0.25, 0.3) is 0 Å². The van der Waals surface area contributed by atoms with E-state index < -0.39 is 6.10 Å².